The average molecular weight is 414 g/mol. The van der Waals surface area contributed by atoms with Crippen molar-refractivity contribution in [3.8, 4) is 11.5 Å². The summed E-state index contributed by atoms with van der Waals surface area (Å²) in [7, 11) is -3.12. The molecule has 0 saturated heterocycles. The van der Waals surface area contributed by atoms with Gasteiger partial charge < -0.3 is 44.9 Å². The molecule has 1 aromatic carbocycles. The van der Waals surface area contributed by atoms with Crippen molar-refractivity contribution in [3.63, 3.8) is 0 Å². The van der Waals surface area contributed by atoms with E-state index in [1.54, 1.807) is 24.3 Å². The molecule has 0 fully saturated rings. The first-order valence-electron chi connectivity index (χ1n) is 6.62. The molecule has 14 heteroatoms. The van der Waals surface area contributed by atoms with Gasteiger partial charge in [0.05, 0.1) is 20.0 Å². The Kier molecular flexibility index (Phi) is 11.6. The average Bonchev–Trinajstić information content (AvgIpc) is 2.44. The number of aliphatic hydroxyl groups is 1. The van der Waals surface area contributed by atoms with Gasteiger partial charge in [0.25, 0.3) is 0 Å². The molecule has 1 aromatic rings. The van der Waals surface area contributed by atoms with Crippen molar-refractivity contribution >= 4 is 25.7 Å². The van der Waals surface area contributed by atoms with Crippen molar-refractivity contribution in [2.75, 3.05) is 7.11 Å². The van der Waals surface area contributed by atoms with Gasteiger partial charge in [-0.2, -0.15) is 0 Å². The fourth-order valence-corrected chi connectivity index (χ4v) is 1.34. The first-order valence-corrected chi connectivity index (χ1v) is 8.18. The van der Waals surface area contributed by atoms with Gasteiger partial charge in [0.15, 0.2) is 17.1 Å². The van der Waals surface area contributed by atoms with E-state index < -0.39 is 44.2 Å². The van der Waals surface area contributed by atoms with E-state index in [2.05, 4.69) is 0 Å². The van der Waals surface area contributed by atoms with Crippen LogP contribution < -0.4 is 4.74 Å². The van der Waals surface area contributed by atoms with Gasteiger partial charge >= 0.3 is 25.7 Å². The minimum absolute atomic E-state index is 0.181. The highest BCUT2D eigenvalue weighted by Crippen LogP contribution is 2.25. The molecule has 1 rings (SSSR count). The van der Waals surface area contributed by atoms with Crippen LogP contribution >= 0.6 is 7.82 Å². The van der Waals surface area contributed by atoms with Gasteiger partial charge in [0.2, 0.25) is 0 Å². The summed E-state index contributed by atoms with van der Waals surface area (Å²) in [4.78, 5) is 52.0. The largest absolute Gasteiger partial charge is 0.504 e. The Morgan fingerprint density at radius 2 is 1.37 bits per heavy atom. The Morgan fingerprint density at radius 1 is 1.00 bits per heavy atom. The summed E-state index contributed by atoms with van der Waals surface area (Å²) in [6.45, 7) is 0. The van der Waals surface area contributed by atoms with E-state index in [0.29, 0.717) is 5.75 Å². The number of hydrogen-bond donors (Lipinski definition) is 8. The van der Waals surface area contributed by atoms with E-state index in [1.165, 1.54) is 7.11 Å². The molecule has 27 heavy (non-hydrogen) atoms. The number of carbonyl (C=O) groups is 3. The van der Waals surface area contributed by atoms with E-state index in [-0.39, 0.29) is 5.75 Å². The number of rotatable bonds is 6. The predicted octanol–water partition coefficient (Wildman–Crippen LogP) is -0.776. The number of aliphatic carboxylic acids is 3. The highest BCUT2D eigenvalue weighted by Gasteiger charge is 2.40. The lowest BCUT2D eigenvalue weighted by Gasteiger charge is -2.18. The lowest BCUT2D eigenvalue weighted by atomic mass is 9.96. The highest BCUT2D eigenvalue weighted by molar-refractivity contribution is 7.45. The maximum Gasteiger partial charge on any atom is 0.466 e. The summed E-state index contributed by atoms with van der Waals surface area (Å²) in [5, 5.41) is 42.8. The number of aromatic hydroxyl groups is 1. The molecule has 154 valence electrons. The van der Waals surface area contributed by atoms with Gasteiger partial charge in [-0.25, -0.2) is 9.36 Å². The molecular weight excluding hydrogens is 395 g/mol. The summed E-state index contributed by atoms with van der Waals surface area (Å²) in [6, 6.07) is 6.84. The van der Waals surface area contributed by atoms with Crippen LogP contribution in [0.2, 0.25) is 0 Å². The van der Waals surface area contributed by atoms with E-state index >= 15 is 0 Å². The van der Waals surface area contributed by atoms with Gasteiger partial charge in [0.1, 0.15) is 0 Å². The molecule has 0 saturated carbocycles. The molecule has 0 unspecified atom stereocenters. The number of phosphoric acid groups is 1. The second-order valence-corrected chi connectivity index (χ2v) is 5.69. The van der Waals surface area contributed by atoms with Crippen LogP contribution in [-0.2, 0) is 18.9 Å². The first kappa shape index (κ1) is 26.5. The number of carboxylic acid groups (broad SMARTS) is 3. The van der Waals surface area contributed by atoms with Gasteiger partial charge in [-0.05, 0) is 12.1 Å². The van der Waals surface area contributed by atoms with E-state index in [4.69, 9.17) is 49.5 Å². The molecule has 0 aliphatic rings. The molecule has 0 spiro atoms. The van der Waals surface area contributed by atoms with Crippen LogP contribution in [0.4, 0.5) is 0 Å². The lowest BCUT2D eigenvalue weighted by molar-refractivity contribution is -0.170. The van der Waals surface area contributed by atoms with E-state index in [0.717, 1.165) is 0 Å². The van der Waals surface area contributed by atoms with Crippen molar-refractivity contribution in [1.82, 2.24) is 0 Å². The zero-order valence-electron chi connectivity index (χ0n) is 13.8. The van der Waals surface area contributed by atoms with Crippen LogP contribution in [0.3, 0.4) is 0 Å². The van der Waals surface area contributed by atoms with Crippen LogP contribution in [0.5, 0.6) is 11.5 Å². The monoisotopic (exact) mass is 414 g/mol. The third-order valence-corrected chi connectivity index (χ3v) is 2.37. The minimum atomic E-state index is -4.64. The Labute approximate surface area is 151 Å². The second-order valence-electron chi connectivity index (χ2n) is 4.66. The maximum absolute atomic E-state index is 10.3. The zero-order chi connectivity index (χ0) is 21.8. The highest BCUT2D eigenvalue weighted by atomic mass is 31.2. The molecule has 0 atom stereocenters. The van der Waals surface area contributed by atoms with Gasteiger partial charge in [-0.1, -0.05) is 12.1 Å². The molecule has 0 bridgehead atoms. The number of methoxy groups -OCH3 is 1. The predicted molar refractivity (Wildman–Crippen MR) is 86.0 cm³/mol. The van der Waals surface area contributed by atoms with Crippen molar-refractivity contribution < 1.29 is 63.9 Å². The van der Waals surface area contributed by atoms with Crippen LogP contribution in [0.25, 0.3) is 0 Å². The Hall–Kier alpha value is -2.70. The van der Waals surface area contributed by atoms with Crippen LogP contribution in [0.15, 0.2) is 24.3 Å². The number of benzene rings is 1. The summed E-state index contributed by atoms with van der Waals surface area (Å²) in [5.74, 6) is -4.33. The smallest absolute Gasteiger partial charge is 0.466 e. The number of hydrogen-bond acceptors (Lipinski definition) is 7. The first-order chi connectivity index (χ1) is 12.1. The lowest BCUT2D eigenvalue weighted by Crippen LogP contribution is -2.42. The minimum Gasteiger partial charge on any atom is -0.504 e. The Balaban J connectivity index is 0. The number of carboxylic acids is 3. The number of phenols is 1. The molecule has 0 aliphatic heterocycles. The van der Waals surface area contributed by atoms with Crippen LogP contribution in [-0.4, -0.2) is 70.8 Å². The number of ether oxygens (including phenoxy) is 1. The summed E-state index contributed by atoms with van der Waals surface area (Å²) in [5.41, 5.74) is -2.74. The van der Waals surface area contributed by atoms with Crippen molar-refractivity contribution in [2.45, 2.75) is 18.4 Å². The van der Waals surface area contributed by atoms with Crippen LogP contribution in [0, 0.1) is 0 Å². The maximum atomic E-state index is 10.3. The summed E-state index contributed by atoms with van der Waals surface area (Å²) in [6.07, 6.45) is -2.29. The molecule has 0 heterocycles. The summed E-state index contributed by atoms with van der Waals surface area (Å²) >= 11 is 0. The SMILES string of the molecule is COc1ccccc1O.O=C(O)CC(O)(CC(=O)O)C(=O)O.O=P(O)(O)O. The standard InChI is InChI=1S/C7H8O2.C6H8O7.H3O4P/c1-9-7-5-3-2-4-6(7)8;7-3(8)1-6(13,5(11)12)2-4(9)10;1-5(2,3)4/h2-5,8H,1H3;13H,1-2H2,(H,7,8)(H,9,10)(H,11,12);(H3,1,2,3,4). The second kappa shape index (κ2) is 11.8. The molecule has 0 aliphatic carbocycles. The molecule has 8 N–H and O–H groups in total. The third-order valence-electron chi connectivity index (χ3n) is 2.37. The van der Waals surface area contributed by atoms with Crippen molar-refractivity contribution in [3.05, 3.63) is 24.3 Å². The number of phenolic OH excluding ortho intramolecular Hbond substituents is 1. The van der Waals surface area contributed by atoms with E-state index in [9.17, 15) is 14.4 Å². The van der Waals surface area contributed by atoms with Crippen molar-refractivity contribution in [1.29, 1.82) is 0 Å². The molecule has 0 aromatic heterocycles. The fourth-order valence-electron chi connectivity index (χ4n) is 1.34. The third kappa shape index (κ3) is 15.3. The quantitative estimate of drug-likeness (QED) is 0.267. The molecule has 0 radical (unpaired) electrons. The molecule has 13 nitrogen and oxygen atoms in total. The molecule has 0 amide bonds. The van der Waals surface area contributed by atoms with Gasteiger partial charge in [0, 0.05) is 0 Å². The van der Waals surface area contributed by atoms with Gasteiger partial charge in [-0.3, -0.25) is 9.59 Å². The summed E-state index contributed by atoms with van der Waals surface area (Å²) < 4.78 is 13.7. The fraction of sp³-hybridized carbons (Fsp3) is 0.308. The Morgan fingerprint density at radius 3 is 1.59 bits per heavy atom. The normalized spacial score (nSPS) is 10.4. The molecular formula is C13H19O13P. The number of para-hydroxylation sites is 2. The van der Waals surface area contributed by atoms with E-state index in [1.807, 2.05) is 0 Å². The van der Waals surface area contributed by atoms with Crippen LogP contribution in [0.1, 0.15) is 12.8 Å². The van der Waals surface area contributed by atoms with Gasteiger partial charge in [-0.15, -0.1) is 0 Å². The van der Waals surface area contributed by atoms with Crippen molar-refractivity contribution in [2.24, 2.45) is 0 Å². The zero-order valence-corrected chi connectivity index (χ0v) is 14.7. The Bertz CT molecular complexity index is 656. The topological polar surface area (TPSA) is 239 Å².